The molecule has 0 radical (unpaired) electrons. The predicted molar refractivity (Wildman–Crippen MR) is 129 cm³/mol. The molecule has 10 heteroatoms. The van der Waals surface area contributed by atoms with E-state index in [1.54, 1.807) is 36.4 Å². The number of amides is 1. The van der Waals surface area contributed by atoms with Crippen molar-refractivity contribution in [3.8, 4) is 11.4 Å². The first-order valence-corrected chi connectivity index (χ1v) is 13.4. The normalized spacial score (nSPS) is 16.3. The van der Waals surface area contributed by atoms with Crippen LogP contribution in [-0.2, 0) is 21.2 Å². The van der Waals surface area contributed by atoms with Gasteiger partial charge in [-0.15, -0.1) is 0 Å². The zero-order valence-corrected chi connectivity index (χ0v) is 20.6. The Morgan fingerprint density at radius 1 is 1.21 bits per heavy atom. The molecule has 1 aliphatic heterocycles. The summed E-state index contributed by atoms with van der Waals surface area (Å²) in [5.41, 5.74) is 1.67. The SMILES string of the molecule is CC(NC(=O)C1CCN(Cc2nc(-c3cccc(Cl)c3)no2)CC1)c1ccc(S(C)(=O)=O)cc1. The zero-order valence-electron chi connectivity index (χ0n) is 19.1. The minimum atomic E-state index is -3.24. The molecule has 4 rings (SSSR count). The van der Waals surface area contributed by atoms with Crippen molar-refractivity contribution in [2.24, 2.45) is 5.92 Å². The fourth-order valence-corrected chi connectivity index (χ4v) is 4.85. The molecule has 1 aliphatic rings. The van der Waals surface area contributed by atoms with Gasteiger partial charge in [0.25, 0.3) is 0 Å². The van der Waals surface area contributed by atoms with Crippen LogP contribution < -0.4 is 5.32 Å². The van der Waals surface area contributed by atoms with Gasteiger partial charge in [0.1, 0.15) is 0 Å². The molecule has 8 nitrogen and oxygen atoms in total. The van der Waals surface area contributed by atoms with Crippen LogP contribution in [0.3, 0.4) is 0 Å². The van der Waals surface area contributed by atoms with Gasteiger partial charge in [-0.1, -0.05) is 41.0 Å². The molecule has 1 aromatic heterocycles. The third-order valence-corrected chi connectivity index (χ3v) is 7.40. The van der Waals surface area contributed by atoms with Gasteiger partial charge in [-0.05, 0) is 62.7 Å². The van der Waals surface area contributed by atoms with E-state index in [0.29, 0.717) is 23.3 Å². The average molecular weight is 503 g/mol. The molecular formula is C24H27ClN4O4S. The quantitative estimate of drug-likeness (QED) is 0.522. The first-order chi connectivity index (χ1) is 16.2. The number of piperidine rings is 1. The minimum absolute atomic E-state index is 0.0142. The van der Waals surface area contributed by atoms with Crippen molar-refractivity contribution in [1.29, 1.82) is 0 Å². The number of hydrogen-bond donors (Lipinski definition) is 1. The van der Waals surface area contributed by atoms with E-state index >= 15 is 0 Å². The summed E-state index contributed by atoms with van der Waals surface area (Å²) in [6, 6.07) is 13.7. The Labute approximate surface area is 204 Å². The Morgan fingerprint density at radius 3 is 2.56 bits per heavy atom. The number of sulfone groups is 1. The van der Waals surface area contributed by atoms with E-state index in [4.69, 9.17) is 16.1 Å². The lowest BCUT2D eigenvalue weighted by Gasteiger charge is -2.30. The fraction of sp³-hybridized carbons (Fsp3) is 0.375. The summed E-state index contributed by atoms with van der Waals surface area (Å²) >= 11 is 6.04. The number of aromatic nitrogens is 2. The summed E-state index contributed by atoms with van der Waals surface area (Å²) in [6.45, 7) is 3.94. The number of rotatable bonds is 7. The zero-order chi connectivity index (χ0) is 24.3. The van der Waals surface area contributed by atoms with Crippen molar-refractivity contribution >= 4 is 27.3 Å². The monoisotopic (exact) mass is 502 g/mol. The molecule has 180 valence electrons. The molecule has 1 saturated heterocycles. The van der Waals surface area contributed by atoms with Crippen molar-refractivity contribution in [2.75, 3.05) is 19.3 Å². The Morgan fingerprint density at radius 2 is 1.91 bits per heavy atom. The highest BCUT2D eigenvalue weighted by Gasteiger charge is 2.27. The number of hydrogen-bond acceptors (Lipinski definition) is 7. The maximum absolute atomic E-state index is 12.8. The molecule has 0 aliphatic carbocycles. The highest BCUT2D eigenvalue weighted by molar-refractivity contribution is 7.90. The van der Waals surface area contributed by atoms with Gasteiger partial charge < -0.3 is 9.84 Å². The van der Waals surface area contributed by atoms with E-state index in [1.807, 2.05) is 19.1 Å². The van der Waals surface area contributed by atoms with Crippen LogP contribution in [0.2, 0.25) is 5.02 Å². The van der Waals surface area contributed by atoms with Crippen LogP contribution in [0, 0.1) is 5.92 Å². The molecule has 1 amide bonds. The molecule has 2 aromatic carbocycles. The van der Waals surface area contributed by atoms with Gasteiger partial charge >= 0.3 is 0 Å². The van der Waals surface area contributed by atoms with Crippen molar-refractivity contribution in [1.82, 2.24) is 20.4 Å². The summed E-state index contributed by atoms with van der Waals surface area (Å²) in [6.07, 6.45) is 2.65. The van der Waals surface area contributed by atoms with Crippen LogP contribution in [0.5, 0.6) is 0 Å². The van der Waals surface area contributed by atoms with Gasteiger partial charge in [0, 0.05) is 22.8 Å². The first kappa shape index (κ1) is 24.4. The predicted octanol–water partition coefficient (Wildman–Crippen LogP) is 3.88. The van der Waals surface area contributed by atoms with Gasteiger partial charge in [0.2, 0.25) is 17.6 Å². The maximum Gasteiger partial charge on any atom is 0.241 e. The number of carbonyl (C=O) groups is 1. The molecule has 1 fully saturated rings. The Balaban J connectivity index is 1.27. The van der Waals surface area contributed by atoms with Gasteiger partial charge in [-0.2, -0.15) is 4.98 Å². The molecule has 1 N–H and O–H groups in total. The third-order valence-electron chi connectivity index (χ3n) is 6.04. The van der Waals surface area contributed by atoms with Gasteiger partial charge in [-0.3, -0.25) is 9.69 Å². The average Bonchev–Trinajstić information content (AvgIpc) is 3.27. The Hall–Kier alpha value is -2.75. The molecule has 1 unspecified atom stereocenters. The molecule has 0 saturated carbocycles. The van der Waals surface area contributed by atoms with Crippen molar-refractivity contribution in [2.45, 2.75) is 37.2 Å². The number of carbonyl (C=O) groups excluding carboxylic acids is 1. The summed E-state index contributed by atoms with van der Waals surface area (Å²) in [7, 11) is -3.24. The summed E-state index contributed by atoms with van der Waals surface area (Å²) in [5, 5.41) is 7.72. The van der Waals surface area contributed by atoms with E-state index < -0.39 is 9.84 Å². The van der Waals surface area contributed by atoms with Gasteiger partial charge in [0.15, 0.2) is 9.84 Å². The lowest BCUT2D eigenvalue weighted by atomic mass is 9.95. The molecule has 34 heavy (non-hydrogen) atoms. The van der Waals surface area contributed by atoms with Crippen molar-refractivity contribution < 1.29 is 17.7 Å². The van der Waals surface area contributed by atoms with E-state index in [1.165, 1.54) is 6.26 Å². The van der Waals surface area contributed by atoms with E-state index in [9.17, 15) is 13.2 Å². The lowest BCUT2D eigenvalue weighted by Crippen LogP contribution is -2.40. The number of likely N-dealkylation sites (tertiary alicyclic amines) is 1. The van der Waals surface area contributed by atoms with E-state index in [0.717, 1.165) is 37.1 Å². The molecule has 2 heterocycles. The number of nitrogens with one attached hydrogen (secondary N) is 1. The van der Waals surface area contributed by atoms with Crippen LogP contribution >= 0.6 is 11.6 Å². The second-order valence-corrected chi connectivity index (χ2v) is 11.1. The van der Waals surface area contributed by atoms with Crippen LogP contribution in [0.15, 0.2) is 57.9 Å². The second kappa shape index (κ2) is 10.2. The van der Waals surface area contributed by atoms with Crippen molar-refractivity contribution in [3.05, 3.63) is 65.0 Å². The Bertz CT molecular complexity index is 1250. The van der Waals surface area contributed by atoms with Crippen LogP contribution in [0.4, 0.5) is 0 Å². The fourth-order valence-electron chi connectivity index (χ4n) is 4.03. The second-order valence-electron chi connectivity index (χ2n) is 8.64. The molecule has 0 spiro atoms. The summed E-state index contributed by atoms with van der Waals surface area (Å²) in [5.74, 6) is 0.980. The highest BCUT2D eigenvalue weighted by atomic mass is 35.5. The van der Waals surface area contributed by atoms with E-state index in [2.05, 4.69) is 20.4 Å². The topological polar surface area (TPSA) is 105 Å². The highest BCUT2D eigenvalue weighted by Crippen LogP contribution is 2.23. The Kier molecular flexibility index (Phi) is 7.35. The summed E-state index contributed by atoms with van der Waals surface area (Å²) in [4.78, 5) is 19.7. The molecule has 3 aromatic rings. The smallest absolute Gasteiger partial charge is 0.241 e. The van der Waals surface area contributed by atoms with Crippen LogP contribution in [-0.4, -0.2) is 48.7 Å². The number of benzene rings is 2. The minimum Gasteiger partial charge on any atom is -0.349 e. The summed E-state index contributed by atoms with van der Waals surface area (Å²) < 4.78 is 28.7. The van der Waals surface area contributed by atoms with Gasteiger partial charge in [0.05, 0.1) is 17.5 Å². The standard InChI is InChI=1S/C24H27ClN4O4S/c1-16(17-6-8-21(9-7-17)34(2,31)32)26-24(30)18-10-12-29(13-11-18)15-22-27-23(28-33-22)19-4-3-5-20(25)14-19/h3-9,14,16,18H,10-13,15H2,1-2H3,(H,26,30). The maximum atomic E-state index is 12.8. The van der Waals surface area contributed by atoms with Crippen LogP contribution in [0.1, 0.15) is 37.3 Å². The third kappa shape index (κ3) is 6.02. The first-order valence-electron chi connectivity index (χ1n) is 11.1. The number of halogens is 1. The molecule has 1 atom stereocenters. The molecule has 0 bridgehead atoms. The lowest BCUT2D eigenvalue weighted by molar-refractivity contribution is -0.127. The van der Waals surface area contributed by atoms with Gasteiger partial charge in [-0.25, -0.2) is 8.42 Å². The van der Waals surface area contributed by atoms with Crippen LogP contribution in [0.25, 0.3) is 11.4 Å². The molecular weight excluding hydrogens is 476 g/mol. The number of nitrogens with zero attached hydrogens (tertiary/aromatic N) is 3. The largest absolute Gasteiger partial charge is 0.349 e. The van der Waals surface area contributed by atoms with Crippen molar-refractivity contribution in [3.63, 3.8) is 0 Å². The van der Waals surface area contributed by atoms with E-state index in [-0.39, 0.29) is 22.8 Å².